The molecule has 11 nitrogen and oxygen atoms in total. The maximum atomic E-state index is 13.5. The van der Waals surface area contributed by atoms with Crippen LogP contribution in [0.3, 0.4) is 0 Å². The minimum absolute atomic E-state index is 0.0103. The molecule has 0 aliphatic carbocycles. The average Bonchev–Trinajstić information content (AvgIpc) is 3.72. The summed E-state index contributed by atoms with van der Waals surface area (Å²) in [7, 11) is 0. The van der Waals surface area contributed by atoms with Crippen molar-refractivity contribution in [2.75, 3.05) is 0 Å². The lowest BCUT2D eigenvalue weighted by Crippen LogP contribution is -2.38. The van der Waals surface area contributed by atoms with Gasteiger partial charge < -0.3 is 34.3 Å². The van der Waals surface area contributed by atoms with Gasteiger partial charge in [0.15, 0.2) is 0 Å². The van der Waals surface area contributed by atoms with Gasteiger partial charge in [-0.2, -0.15) is 0 Å². The standard InChI is InChI=1S/C43H64O11/c1-10-11-13-24(2)43(51-31(9)44)25(3)14-12-15-36-37-17-16-33(52-37)21-32(45)19-27(5)34(46)22-35(47)30(8)26(4)18-29(7)41(49)42(50)39-20-28(6)38(53-39)23-40(48)54-36/h12,14-15,18,27-28,30,33,35-39,41-43,47,49-50H,2,7,10-11,13,16-17,19-23H2,1,3-6,8-9H3/b15-12+,25-14+,26-18+/t27?,28?,30-,33-,35?,36-,37?,38+,39?,41?,42+,43+/m1/s1. The molecule has 0 radical (unpaired) electrons. The van der Waals surface area contributed by atoms with Crippen molar-refractivity contribution in [3.63, 3.8) is 0 Å². The Morgan fingerprint density at radius 1 is 1.00 bits per heavy atom. The van der Waals surface area contributed by atoms with Gasteiger partial charge in [0.2, 0.25) is 0 Å². The van der Waals surface area contributed by atoms with Crippen LogP contribution in [0.4, 0.5) is 0 Å². The molecule has 54 heavy (non-hydrogen) atoms. The van der Waals surface area contributed by atoms with Crippen molar-refractivity contribution >= 4 is 23.5 Å². The van der Waals surface area contributed by atoms with Crippen LogP contribution in [0.15, 0.2) is 59.8 Å². The Bertz CT molecular complexity index is 1440. The molecule has 12 atom stereocenters. The minimum atomic E-state index is -1.37. The fourth-order valence-electron chi connectivity index (χ4n) is 7.35. The first-order valence-corrected chi connectivity index (χ1v) is 19.6. The molecule has 0 spiro atoms. The number of aliphatic hydroxyl groups is 3. The Hall–Kier alpha value is -3.22. The molecule has 3 rings (SSSR count). The summed E-state index contributed by atoms with van der Waals surface area (Å²) >= 11 is 0. The number of unbranched alkanes of at least 4 members (excludes halogenated alkanes) is 1. The highest BCUT2D eigenvalue weighted by Crippen LogP contribution is 2.34. The molecule has 3 heterocycles. The van der Waals surface area contributed by atoms with Crippen LogP contribution >= 0.6 is 0 Å². The van der Waals surface area contributed by atoms with Crippen LogP contribution in [0.5, 0.6) is 0 Å². The smallest absolute Gasteiger partial charge is 0.309 e. The summed E-state index contributed by atoms with van der Waals surface area (Å²) in [5.41, 5.74) is 2.42. The van der Waals surface area contributed by atoms with Crippen molar-refractivity contribution in [1.82, 2.24) is 0 Å². The number of hydrogen-bond donors (Lipinski definition) is 3. The van der Waals surface area contributed by atoms with Gasteiger partial charge in [-0.1, -0.05) is 71.1 Å². The Morgan fingerprint density at radius 2 is 1.70 bits per heavy atom. The van der Waals surface area contributed by atoms with Gasteiger partial charge >= 0.3 is 11.9 Å². The molecule has 11 heteroatoms. The third-order valence-electron chi connectivity index (χ3n) is 11.1. The second-order valence-corrected chi connectivity index (χ2v) is 15.8. The molecule has 0 aromatic rings. The third kappa shape index (κ3) is 13.2. The highest BCUT2D eigenvalue weighted by atomic mass is 16.6. The van der Waals surface area contributed by atoms with E-state index < -0.39 is 78.7 Å². The Balaban J connectivity index is 1.89. The predicted octanol–water partition coefficient (Wildman–Crippen LogP) is 5.99. The summed E-state index contributed by atoms with van der Waals surface area (Å²) in [4.78, 5) is 51.6. The number of ketones is 2. The van der Waals surface area contributed by atoms with Crippen LogP contribution in [-0.4, -0.2) is 93.8 Å². The van der Waals surface area contributed by atoms with E-state index >= 15 is 0 Å². The fraction of sp³-hybridized carbons (Fsp3) is 0.674. The van der Waals surface area contributed by atoms with E-state index in [1.165, 1.54) is 6.92 Å². The molecular weight excluding hydrogens is 692 g/mol. The van der Waals surface area contributed by atoms with E-state index in [4.69, 9.17) is 18.9 Å². The van der Waals surface area contributed by atoms with Crippen molar-refractivity contribution < 1.29 is 53.4 Å². The molecule has 3 aliphatic rings. The van der Waals surface area contributed by atoms with Gasteiger partial charge in [0.25, 0.3) is 0 Å². The number of fused-ring (bicyclic) bond motifs is 4. The lowest BCUT2D eigenvalue weighted by molar-refractivity contribution is -0.158. The number of cyclic esters (lactones) is 1. The first kappa shape index (κ1) is 45.2. The third-order valence-corrected chi connectivity index (χ3v) is 11.1. The lowest BCUT2D eigenvalue weighted by atomic mass is 9.87. The number of carbonyl (C=O) groups is 4. The van der Waals surface area contributed by atoms with E-state index in [1.807, 2.05) is 13.8 Å². The lowest BCUT2D eigenvalue weighted by Gasteiger charge is -2.26. The molecule has 302 valence electrons. The van der Waals surface area contributed by atoms with E-state index in [0.29, 0.717) is 31.3 Å². The van der Waals surface area contributed by atoms with E-state index in [0.717, 1.165) is 24.0 Å². The molecule has 3 aliphatic heterocycles. The largest absolute Gasteiger partial charge is 0.455 e. The minimum Gasteiger partial charge on any atom is -0.455 e. The average molecular weight is 757 g/mol. The van der Waals surface area contributed by atoms with Crippen molar-refractivity contribution in [2.45, 2.75) is 168 Å². The number of esters is 2. The molecule has 4 bridgehead atoms. The van der Waals surface area contributed by atoms with E-state index in [-0.39, 0.29) is 48.7 Å². The molecule has 0 aromatic carbocycles. The van der Waals surface area contributed by atoms with Crippen molar-refractivity contribution in [3.8, 4) is 0 Å². The van der Waals surface area contributed by atoms with Crippen LogP contribution < -0.4 is 0 Å². The van der Waals surface area contributed by atoms with Crippen LogP contribution in [-0.2, 0) is 38.1 Å². The van der Waals surface area contributed by atoms with Gasteiger partial charge in [-0.15, -0.1) is 0 Å². The van der Waals surface area contributed by atoms with Crippen molar-refractivity contribution in [3.05, 3.63) is 59.8 Å². The first-order chi connectivity index (χ1) is 25.4. The first-order valence-electron chi connectivity index (χ1n) is 19.6. The zero-order valence-electron chi connectivity index (χ0n) is 33.3. The van der Waals surface area contributed by atoms with Gasteiger partial charge in [0, 0.05) is 38.0 Å². The second-order valence-electron chi connectivity index (χ2n) is 15.8. The second kappa shape index (κ2) is 21.2. The van der Waals surface area contributed by atoms with Gasteiger partial charge in [-0.05, 0) is 74.7 Å². The molecule has 0 saturated carbocycles. The summed E-state index contributed by atoms with van der Waals surface area (Å²) in [6.45, 7) is 20.5. The maximum Gasteiger partial charge on any atom is 0.309 e. The van der Waals surface area contributed by atoms with Crippen LogP contribution in [0.1, 0.15) is 113 Å². The normalized spacial score (nSPS) is 35.7. The van der Waals surface area contributed by atoms with Crippen LogP contribution in [0, 0.1) is 17.8 Å². The van der Waals surface area contributed by atoms with E-state index in [1.54, 1.807) is 45.1 Å². The molecule has 6 unspecified atom stereocenters. The summed E-state index contributed by atoms with van der Waals surface area (Å²) in [5.74, 6) is -2.51. The topological polar surface area (TPSA) is 166 Å². The van der Waals surface area contributed by atoms with Gasteiger partial charge in [0.1, 0.15) is 36.0 Å². The predicted molar refractivity (Wildman–Crippen MR) is 205 cm³/mol. The number of rotatable bonds is 8. The van der Waals surface area contributed by atoms with Gasteiger partial charge in [-0.3, -0.25) is 19.2 Å². The fourth-order valence-corrected chi connectivity index (χ4v) is 7.35. The van der Waals surface area contributed by atoms with Crippen LogP contribution in [0.2, 0.25) is 0 Å². The van der Waals surface area contributed by atoms with Crippen molar-refractivity contribution in [1.29, 1.82) is 0 Å². The molecule has 2 saturated heterocycles. The van der Waals surface area contributed by atoms with E-state index in [9.17, 15) is 34.5 Å². The monoisotopic (exact) mass is 756 g/mol. The quantitative estimate of drug-likeness (QED) is 0.151. The number of carbonyl (C=O) groups excluding carboxylic acids is 4. The highest BCUT2D eigenvalue weighted by molar-refractivity contribution is 5.88. The summed E-state index contributed by atoms with van der Waals surface area (Å²) in [5, 5.41) is 33.0. The van der Waals surface area contributed by atoms with Crippen molar-refractivity contribution in [2.24, 2.45) is 17.8 Å². The van der Waals surface area contributed by atoms with Gasteiger partial charge in [-0.25, -0.2) is 0 Å². The molecule has 3 N–H and O–H groups in total. The number of allylic oxidation sites excluding steroid dienone is 2. The number of hydrogen-bond acceptors (Lipinski definition) is 11. The molecule has 0 aromatic heterocycles. The van der Waals surface area contributed by atoms with Gasteiger partial charge in [0.05, 0.1) is 36.9 Å². The molecule has 2 fully saturated rings. The Morgan fingerprint density at radius 3 is 2.37 bits per heavy atom. The summed E-state index contributed by atoms with van der Waals surface area (Å²) < 4.78 is 24.0. The van der Waals surface area contributed by atoms with E-state index in [2.05, 4.69) is 20.1 Å². The highest BCUT2D eigenvalue weighted by Gasteiger charge is 2.41. The molecule has 0 amide bonds. The zero-order valence-corrected chi connectivity index (χ0v) is 33.3. The zero-order chi connectivity index (χ0) is 40.3. The SMILES string of the molecule is C=C1/C=C(\C)[C@@H](C)C(O)CC(=O)C(C)CC(=O)C[C@H]2CCC(O2)[C@@H](/C=C/C=C(\C)[C@@H](OC(C)=O)C(=C)CCCC)OC(=O)C[C@@H]2OC(CC2C)[C@H](O)C1O. The summed E-state index contributed by atoms with van der Waals surface area (Å²) in [6, 6.07) is 0. The number of ether oxygens (including phenoxy) is 4. The Kier molecular flexibility index (Phi) is 17.7. The molecular formula is C43H64O11. The Labute approximate surface area is 321 Å². The summed E-state index contributed by atoms with van der Waals surface area (Å²) in [6.07, 6.45) is 3.32. The number of aliphatic hydroxyl groups excluding tert-OH is 3. The van der Waals surface area contributed by atoms with Crippen LogP contribution in [0.25, 0.3) is 0 Å². The number of Topliss-reactive ketones (excluding diaryl/α,β-unsaturated/α-hetero) is 2. The maximum absolute atomic E-state index is 13.5.